The molecule has 104 valence electrons. The van der Waals surface area contributed by atoms with E-state index in [1.807, 2.05) is 31.3 Å². The van der Waals surface area contributed by atoms with Gasteiger partial charge in [-0.25, -0.2) is 0 Å². The van der Waals surface area contributed by atoms with Gasteiger partial charge in [-0.2, -0.15) is 0 Å². The molecule has 0 saturated heterocycles. The van der Waals surface area contributed by atoms with Gasteiger partial charge in [-0.05, 0) is 36.5 Å². The normalized spacial score (nSPS) is 22.5. The molecule has 0 bridgehead atoms. The Kier molecular flexibility index (Phi) is 4.83. The molecule has 1 aliphatic carbocycles. The predicted molar refractivity (Wildman–Crippen MR) is 77.9 cm³/mol. The molecule has 0 radical (unpaired) electrons. The van der Waals surface area contributed by atoms with Gasteiger partial charge in [0, 0.05) is 31.1 Å². The average Bonchev–Trinajstić information content (AvgIpc) is 2.78. The number of benzene rings is 1. The maximum atomic E-state index is 12.2. The Morgan fingerprint density at radius 2 is 2.05 bits per heavy atom. The molecule has 1 aliphatic rings. The SMILES string of the molecule is CN(Cc1ccc(Cl)cc1)C(=O)C[C@@H]1CCC[C@H]1N. The average molecular weight is 281 g/mol. The van der Waals surface area contributed by atoms with Crippen molar-refractivity contribution in [2.45, 2.75) is 38.3 Å². The zero-order chi connectivity index (χ0) is 13.8. The second-order valence-electron chi connectivity index (χ2n) is 5.44. The van der Waals surface area contributed by atoms with Crippen LogP contribution in [0.3, 0.4) is 0 Å². The van der Waals surface area contributed by atoms with Crippen LogP contribution in [0.15, 0.2) is 24.3 Å². The molecule has 1 amide bonds. The van der Waals surface area contributed by atoms with Crippen LogP contribution in [0.4, 0.5) is 0 Å². The highest BCUT2D eigenvalue weighted by Crippen LogP contribution is 2.27. The molecule has 0 heterocycles. The number of hydrogen-bond donors (Lipinski definition) is 1. The van der Waals surface area contributed by atoms with Gasteiger partial charge >= 0.3 is 0 Å². The topological polar surface area (TPSA) is 46.3 Å². The minimum absolute atomic E-state index is 0.178. The van der Waals surface area contributed by atoms with Crippen molar-refractivity contribution in [1.82, 2.24) is 4.90 Å². The van der Waals surface area contributed by atoms with Gasteiger partial charge in [-0.15, -0.1) is 0 Å². The second-order valence-corrected chi connectivity index (χ2v) is 5.87. The molecule has 3 nitrogen and oxygen atoms in total. The molecule has 0 unspecified atom stereocenters. The third kappa shape index (κ3) is 3.95. The Morgan fingerprint density at radius 1 is 1.37 bits per heavy atom. The van der Waals surface area contributed by atoms with Crippen molar-refractivity contribution >= 4 is 17.5 Å². The molecule has 2 N–H and O–H groups in total. The van der Waals surface area contributed by atoms with Crippen molar-refractivity contribution in [2.75, 3.05) is 7.05 Å². The summed E-state index contributed by atoms with van der Waals surface area (Å²) < 4.78 is 0. The van der Waals surface area contributed by atoms with E-state index < -0.39 is 0 Å². The summed E-state index contributed by atoms with van der Waals surface area (Å²) in [7, 11) is 1.84. The van der Waals surface area contributed by atoms with Crippen LogP contribution in [0.1, 0.15) is 31.2 Å². The maximum absolute atomic E-state index is 12.2. The Labute approximate surface area is 119 Å². The predicted octanol–water partition coefficient (Wildman–Crippen LogP) is 2.82. The first-order valence-corrected chi connectivity index (χ1v) is 7.18. The van der Waals surface area contributed by atoms with Gasteiger partial charge in [0.1, 0.15) is 0 Å². The van der Waals surface area contributed by atoms with Crippen LogP contribution in [-0.2, 0) is 11.3 Å². The minimum Gasteiger partial charge on any atom is -0.341 e. The third-order valence-corrected chi connectivity index (χ3v) is 4.17. The summed E-state index contributed by atoms with van der Waals surface area (Å²) in [6, 6.07) is 7.80. The van der Waals surface area contributed by atoms with Gasteiger partial charge in [0.2, 0.25) is 5.91 Å². The highest BCUT2D eigenvalue weighted by Gasteiger charge is 2.27. The van der Waals surface area contributed by atoms with Gasteiger partial charge in [0.05, 0.1) is 0 Å². The van der Waals surface area contributed by atoms with Crippen LogP contribution in [-0.4, -0.2) is 23.9 Å². The third-order valence-electron chi connectivity index (χ3n) is 3.91. The number of rotatable bonds is 4. The van der Waals surface area contributed by atoms with Crippen LogP contribution in [0.25, 0.3) is 0 Å². The summed E-state index contributed by atoms with van der Waals surface area (Å²) in [5, 5.41) is 0.717. The van der Waals surface area contributed by atoms with Crippen molar-refractivity contribution in [1.29, 1.82) is 0 Å². The van der Waals surface area contributed by atoms with Crippen LogP contribution in [0, 0.1) is 5.92 Å². The monoisotopic (exact) mass is 280 g/mol. The van der Waals surface area contributed by atoms with Crippen LogP contribution >= 0.6 is 11.6 Å². The van der Waals surface area contributed by atoms with Gasteiger partial charge in [-0.3, -0.25) is 4.79 Å². The van der Waals surface area contributed by atoms with Crippen molar-refractivity contribution in [3.05, 3.63) is 34.9 Å². The fraction of sp³-hybridized carbons (Fsp3) is 0.533. The van der Waals surface area contributed by atoms with E-state index in [2.05, 4.69) is 0 Å². The molecule has 1 aromatic carbocycles. The van der Waals surface area contributed by atoms with Crippen molar-refractivity contribution in [3.63, 3.8) is 0 Å². The zero-order valence-corrected chi connectivity index (χ0v) is 12.1. The summed E-state index contributed by atoms with van der Waals surface area (Å²) in [5.41, 5.74) is 7.10. The van der Waals surface area contributed by atoms with E-state index in [1.165, 1.54) is 0 Å². The smallest absolute Gasteiger partial charge is 0.222 e. The van der Waals surface area contributed by atoms with E-state index in [0.717, 1.165) is 29.8 Å². The van der Waals surface area contributed by atoms with E-state index >= 15 is 0 Å². The molecule has 1 saturated carbocycles. The molecule has 19 heavy (non-hydrogen) atoms. The van der Waals surface area contributed by atoms with Crippen molar-refractivity contribution in [3.8, 4) is 0 Å². The lowest BCUT2D eigenvalue weighted by Gasteiger charge is -2.21. The maximum Gasteiger partial charge on any atom is 0.222 e. The number of carbonyl (C=O) groups excluding carboxylic acids is 1. The fourth-order valence-corrected chi connectivity index (χ4v) is 2.78. The minimum atomic E-state index is 0.178. The van der Waals surface area contributed by atoms with E-state index in [1.54, 1.807) is 4.90 Å². The van der Waals surface area contributed by atoms with Crippen LogP contribution in [0.2, 0.25) is 5.02 Å². The fourth-order valence-electron chi connectivity index (χ4n) is 2.65. The standard InChI is InChI=1S/C15H21ClN2O/c1-18(10-11-5-7-13(16)8-6-11)15(19)9-12-3-2-4-14(12)17/h5-8,12,14H,2-4,9-10,17H2,1H3/t12-,14+/m0/s1. The molecule has 2 rings (SSSR count). The Morgan fingerprint density at radius 3 is 2.63 bits per heavy atom. The quantitative estimate of drug-likeness (QED) is 0.922. The number of halogens is 1. The molecule has 0 aromatic heterocycles. The summed E-state index contributed by atoms with van der Waals surface area (Å²) in [5.74, 6) is 0.539. The first kappa shape index (κ1) is 14.4. The molecule has 2 atom stereocenters. The molecule has 4 heteroatoms. The van der Waals surface area contributed by atoms with Crippen LogP contribution < -0.4 is 5.73 Å². The first-order valence-electron chi connectivity index (χ1n) is 6.80. The summed E-state index contributed by atoms with van der Waals surface area (Å²) >= 11 is 5.85. The Bertz CT molecular complexity index is 432. The van der Waals surface area contributed by atoms with Gasteiger partial charge in [0.15, 0.2) is 0 Å². The molecule has 1 aromatic rings. The van der Waals surface area contributed by atoms with E-state index in [0.29, 0.717) is 18.9 Å². The van der Waals surface area contributed by atoms with Crippen molar-refractivity contribution < 1.29 is 4.79 Å². The Balaban J connectivity index is 1.86. The molecule has 1 fully saturated rings. The second kappa shape index (κ2) is 6.40. The van der Waals surface area contributed by atoms with Crippen LogP contribution in [0.5, 0.6) is 0 Å². The molecule has 0 aliphatic heterocycles. The number of nitrogens with zero attached hydrogens (tertiary/aromatic N) is 1. The van der Waals surface area contributed by atoms with Crippen molar-refractivity contribution in [2.24, 2.45) is 11.7 Å². The number of amides is 1. The van der Waals surface area contributed by atoms with E-state index in [-0.39, 0.29) is 11.9 Å². The number of nitrogens with two attached hydrogens (primary N) is 1. The largest absolute Gasteiger partial charge is 0.341 e. The highest BCUT2D eigenvalue weighted by molar-refractivity contribution is 6.30. The van der Waals surface area contributed by atoms with Gasteiger partial charge in [-0.1, -0.05) is 30.2 Å². The lowest BCUT2D eigenvalue weighted by Crippen LogP contribution is -2.32. The zero-order valence-electron chi connectivity index (χ0n) is 11.3. The first-order chi connectivity index (χ1) is 9.06. The van der Waals surface area contributed by atoms with E-state index in [9.17, 15) is 4.79 Å². The summed E-state index contributed by atoms with van der Waals surface area (Å²) in [6.07, 6.45) is 3.87. The summed E-state index contributed by atoms with van der Waals surface area (Å²) in [6.45, 7) is 0.623. The number of carbonyl (C=O) groups is 1. The van der Waals surface area contributed by atoms with E-state index in [4.69, 9.17) is 17.3 Å². The lowest BCUT2D eigenvalue weighted by atomic mass is 9.99. The van der Waals surface area contributed by atoms with Gasteiger partial charge < -0.3 is 10.6 Å². The number of hydrogen-bond acceptors (Lipinski definition) is 2. The lowest BCUT2D eigenvalue weighted by molar-refractivity contribution is -0.131. The Hall–Kier alpha value is -1.06. The highest BCUT2D eigenvalue weighted by atomic mass is 35.5. The molecule has 0 spiro atoms. The van der Waals surface area contributed by atoms with Gasteiger partial charge in [0.25, 0.3) is 0 Å². The molecular weight excluding hydrogens is 260 g/mol. The molecular formula is C15H21ClN2O. The summed E-state index contributed by atoms with van der Waals surface area (Å²) in [4.78, 5) is 13.9.